The normalized spacial score (nSPS) is 17.9. The molecule has 0 spiro atoms. The summed E-state index contributed by atoms with van der Waals surface area (Å²) in [6.07, 6.45) is 0.495. The average molecular weight is 644 g/mol. The van der Waals surface area contributed by atoms with E-state index in [4.69, 9.17) is 4.74 Å². The molecule has 12 heteroatoms. The highest BCUT2D eigenvalue weighted by molar-refractivity contribution is 6.38. The molecule has 0 aromatic heterocycles. The number of ether oxygens (including phenoxy) is 1. The number of hydrogen-bond acceptors (Lipinski definition) is 7. The molecule has 1 fully saturated rings. The van der Waals surface area contributed by atoms with Crippen LogP contribution in [0, 0.1) is 17.3 Å². The lowest BCUT2D eigenvalue weighted by molar-refractivity contribution is -0.145. The van der Waals surface area contributed by atoms with Gasteiger partial charge in [0.1, 0.15) is 17.7 Å². The number of Topliss-reactive ketones (excluding diaryl/α,β-unsaturated/α-hetero) is 1. The van der Waals surface area contributed by atoms with Crippen molar-refractivity contribution in [3.05, 3.63) is 35.9 Å². The van der Waals surface area contributed by atoms with Crippen molar-refractivity contribution in [1.29, 1.82) is 0 Å². The van der Waals surface area contributed by atoms with Gasteiger partial charge in [-0.25, -0.2) is 4.79 Å². The van der Waals surface area contributed by atoms with E-state index in [2.05, 4.69) is 21.3 Å². The molecule has 2 rings (SSSR count). The van der Waals surface area contributed by atoms with Crippen LogP contribution in [0.1, 0.15) is 87.1 Å². The molecule has 12 nitrogen and oxygen atoms in total. The molecular formula is C34H53N5O7. The molecule has 1 aromatic carbocycles. The van der Waals surface area contributed by atoms with Crippen LogP contribution in [0.4, 0.5) is 4.79 Å². The van der Waals surface area contributed by atoms with Gasteiger partial charge in [-0.05, 0) is 56.4 Å². The summed E-state index contributed by atoms with van der Waals surface area (Å²) in [7, 11) is 0. The number of rotatable bonds is 13. The van der Waals surface area contributed by atoms with Crippen LogP contribution >= 0.6 is 0 Å². The van der Waals surface area contributed by atoms with E-state index in [0.717, 1.165) is 5.56 Å². The van der Waals surface area contributed by atoms with Crippen LogP contribution in [0.5, 0.6) is 0 Å². The van der Waals surface area contributed by atoms with Gasteiger partial charge in [0.15, 0.2) is 0 Å². The lowest BCUT2D eigenvalue weighted by Gasteiger charge is -2.37. The third-order valence-electron chi connectivity index (χ3n) is 7.80. The molecule has 1 heterocycles. The summed E-state index contributed by atoms with van der Waals surface area (Å²) in [4.78, 5) is 80.3. The maximum absolute atomic E-state index is 14.0. The van der Waals surface area contributed by atoms with Gasteiger partial charge in [0, 0.05) is 13.1 Å². The molecule has 256 valence electrons. The number of alkyl carbamates (subject to hydrolysis) is 1. The summed E-state index contributed by atoms with van der Waals surface area (Å²) in [5, 5.41) is 10.5. The Kier molecular flexibility index (Phi) is 13.8. The van der Waals surface area contributed by atoms with E-state index in [1.165, 1.54) is 4.90 Å². The average Bonchev–Trinajstić information content (AvgIpc) is 3.41. The number of amides is 5. The van der Waals surface area contributed by atoms with Gasteiger partial charge in [-0.1, -0.05) is 78.3 Å². The number of hydrogen-bond donors (Lipinski definition) is 4. The number of likely N-dealkylation sites (tertiary alicyclic amines) is 1. The predicted molar refractivity (Wildman–Crippen MR) is 174 cm³/mol. The fourth-order valence-corrected chi connectivity index (χ4v) is 5.42. The number of benzene rings is 1. The second-order valence-electron chi connectivity index (χ2n) is 14.3. The molecule has 1 aliphatic rings. The van der Waals surface area contributed by atoms with E-state index >= 15 is 0 Å². The van der Waals surface area contributed by atoms with E-state index in [1.807, 2.05) is 71.9 Å². The summed E-state index contributed by atoms with van der Waals surface area (Å²) in [6, 6.07) is 6.20. The highest BCUT2D eigenvalue weighted by Crippen LogP contribution is 2.33. The molecule has 0 aliphatic carbocycles. The van der Waals surface area contributed by atoms with Crippen LogP contribution < -0.4 is 21.3 Å². The SMILES string of the molecule is CCCC(NC(=O)[C@@H]1C(C(C)C)CCN1C(=O)[C@@H](NC(=O)OC(C)(C)C)C(C)(C)C)C(=O)C(=O)NCC(=O)NCc1ccccc1. The molecule has 0 bridgehead atoms. The third kappa shape index (κ3) is 11.4. The van der Waals surface area contributed by atoms with Crippen molar-refractivity contribution in [2.24, 2.45) is 17.3 Å². The molecule has 1 aliphatic heterocycles. The van der Waals surface area contributed by atoms with Crippen molar-refractivity contribution in [3.63, 3.8) is 0 Å². The molecule has 4 atom stereocenters. The van der Waals surface area contributed by atoms with Gasteiger partial charge in [0.2, 0.25) is 23.5 Å². The Labute approximate surface area is 273 Å². The van der Waals surface area contributed by atoms with Gasteiger partial charge in [-0.15, -0.1) is 0 Å². The molecule has 0 saturated carbocycles. The summed E-state index contributed by atoms with van der Waals surface area (Å²) in [5.41, 5.74) is -0.595. The second-order valence-corrected chi connectivity index (χ2v) is 14.3. The Bertz CT molecular complexity index is 1240. The Morgan fingerprint density at radius 2 is 1.57 bits per heavy atom. The molecule has 1 saturated heterocycles. The number of carbonyl (C=O) groups is 6. The summed E-state index contributed by atoms with van der Waals surface area (Å²) < 4.78 is 5.41. The molecule has 46 heavy (non-hydrogen) atoms. The van der Waals surface area contributed by atoms with Crippen LogP contribution in [0.2, 0.25) is 0 Å². The maximum Gasteiger partial charge on any atom is 0.408 e. The standard InChI is InChI=1S/C34H53N5O7/c1-10-14-24(27(41)30(43)36-20-25(40)35-19-22-15-12-11-13-16-22)37-29(42)26-23(21(2)3)17-18-39(26)31(44)28(33(4,5)6)38-32(45)46-34(7,8)9/h11-13,15-16,21,23-24,26,28H,10,14,17-20H2,1-9H3,(H,35,40)(H,36,43)(H,37,42)(H,38,45)/t23?,24?,26-,28+/m0/s1. The van der Waals surface area contributed by atoms with Gasteiger partial charge in [-0.2, -0.15) is 0 Å². The molecule has 2 unspecified atom stereocenters. The molecule has 5 amide bonds. The van der Waals surface area contributed by atoms with E-state index in [-0.39, 0.29) is 31.3 Å². The van der Waals surface area contributed by atoms with Crippen molar-refractivity contribution in [2.45, 2.75) is 112 Å². The first-order valence-electron chi connectivity index (χ1n) is 16.1. The Morgan fingerprint density at radius 1 is 0.935 bits per heavy atom. The molecular weight excluding hydrogens is 590 g/mol. The minimum Gasteiger partial charge on any atom is -0.444 e. The number of carbonyl (C=O) groups excluding carboxylic acids is 6. The van der Waals surface area contributed by atoms with Crippen molar-refractivity contribution >= 4 is 35.5 Å². The van der Waals surface area contributed by atoms with Crippen molar-refractivity contribution in [1.82, 2.24) is 26.2 Å². The Hall–Kier alpha value is -3.96. The van der Waals surface area contributed by atoms with E-state index in [0.29, 0.717) is 12.8 Å². The third-order valence-corrected chi connectivity index (χ3v) is 7.80. The van der Waals surface area contributed by atoms with Crippen LogP contribution in [0.25, 0.3) is 0 Å². The van der Waals surface area contributed by atoms with Crippen molar-refractivity contribution in [3.8, 4) is 0 Å². The van der Waals surface area contributed by atoms with E-state index in [9.17, 15) is 28.8 Å². The summed E-state index contributed by atoms with van der Waals surface area (Å²) >= 11 is 0. The van der Waals surface area contributed by atoms with Gasteiger partial charge in [0.25, 0.3) is 5.91 Å². The Morgan fingerprint density at radius 3 is 2.11 bits per heavy atom. The lowest BCUT2D eigenvalue weighted by Crippen LogP contribution is -2.60. The smallest absolute Gasteiger partial charge is 0.408 e. The van der Waals surface area contributed by atoms with Gasteiger partial charge in [-0.3, -0.25) is 24.0 Å². The minimum atomic E-state index is -1.14. The quantitative estimate of drug-likeness (QED) is 0.240. The van der Waals surface area contributed by atoms with Gasteiger partial charge in [0.05, 0.1) is 12.6 Å². The highest BCUT2D eigenvalue weighted by atomic mass is 16.6. The molecule has 4 N–H and O–H groups in total. The second kappa shape index (κ2) is 16.6. The predicted octanol–water partition coefficient (Wildman–Crippen LogP) is 3.09. The van der Waals surface area contributed by atoms with Gasteiger partial charge < -0.3 is 30.9 Å². The van der Waals surface area contributed by atoms with Gasteiger partial charge >= 0.3 is 6.09 Å². The lowest BCUT2D eigenvalue weighted by atomic mass is 9.84. The fourth-order valence-electron chi connectivity index (χ4n) is 5.42. The van der Waals surface area contributed by atoms with Crippen molar-refractivity contribution in [2.75, 3.05) is 13.1 Å². The zero-order valence-corrected chi connectivity index (χ0v) is 28.8. The zero-order valence-electron chi connectivity index (χ0n) is 28.8. The van der Waals surface area contributed by atoms with E-state index < -0.39 is 71.2 Å². The number of ketones is 1. The maximum atomic E-state index is 14.0. The van der Waals surface area contributed by atoms with Crippen LogP contribution in [0.3, 0.4) is 0 Å². The highest BCUT2D eigenvalue weighted by Gasteiger charge is 2.48. The van der Waals surface area contributed by atoms with Crippen LogP contribution in [0.15, 0.2) is 30.3 Å². The van der Waals surface area contributed by atoms with Crippen LogP contribution in [-0.4, -0.2) is 77.2 Å². The summed E-state index contributed by atoms with van der Waals surface area (Å²) in [5.74, 6) is -3.49. The first kappa shape index (κ1) is 38.2. The van der Waals surface area contributed by atoms with Crippen molar-refractivity contribution < 1.29 is 33.5 Å². The molecule has 0 radical (unpaired) electrons. The fraction of sp³-hybridized carbons (Fsp3) is 0.647. The Balaban J connectivity index is 2.17. The summed E-state index contributed by atoms with van der Waals surface area (Å²) in [6.45, 7) is 16.5. The first-order chi connectivity index (χ1) is 21.4. The first-order valence-corrected chi connectivity index (χ1v) is 16.1. The zero-order chi connectivity index (χ0) is 34.8. The molecule has 1 aromatic rings. The number of nitrogens with one attached hydrogen (secondary N) is 4. The number of nitrogens with zero attached hydrogens (tertiary/aromatic N) is 1. The largest absolute Gasteiger partial charge is 0.444 e. The topological polar surface area (TPSA) is 163 Å². The van der Waals surface area contributed by atoms with E-state index in [1.54, 1.807) is 20.8 Å². The van der Waals surface area contributed by atoms with Crippen LogP contribution in [-0.2, 0) is 35.3 Å². The monoisotopic (exact) mass is 643 g/mol. The minimum absolute atomic E-state index is 0.0264.